The third kappa shape index (κ3) is 3.65. The van der Waals surface area contributed by atoms with E-state index in [-0.39, 0.29) is 23.6 Å². The molecule has 5 nitrogen and oxygen atoms in total. The van der Waals surface area contributed by atoms with Crippen LogP contribution in [0.1, 0.15) is 37.3 Å². The maximum atomic E-state index is 12.8. The summed E-state index contributed by atoms with van der Waals surface area (Å²) in [6, 6.07) is 20.1. The summed E-state index contributed by atoms with van der Waals surface area (Å²) in [5, 5.41) is 0. The van der Waals surface area contributed by atoms with E-state index in [9.17, 15) is 4.79 Å². The van der Waals surface area contributed by atoms with Gasteiger partial charge in [-0.1, -0.05) is 60.3 Å². The number of cyclic esters (lactones) is 1. The van der Waals surface area contributed by atoms with Crippen molar-refractivity contribution in [1.29, 1.82) is 0 Å². The van der Waals surface area contributed by atoms with E-state index in [0.29, 0.717) is 13.2 Å². The number of ether oxygens (including phenoxy) is 3. The van der Waals surface area contributed by atoms with Crippen LogP contribution in [0.15, 0.2) is 65.6 Å². The van der Waals surface area contributed by atoms with Crippen molar-refractivity contribution in [2.24, 2.45) is 0 Å². The molecule has 6 heteroatoms. The van der Waals surface area contributed by atoms with Gasteiger partial charge < -0.3 is 14.2 Å². The van der Waals surface area contributed by atoms with E-state index in [1.165, 1.54) is 0 Å². The maximum absolute atomic E-state index is 12.8. The summed E-state index contributed by atoms with van der Waals surface area (Å²) in [5.41, 5.74) is 1.02. The minimum atomic E-state index is -0.749. The quantitative estimate of drug-likeness (QED) is 0.710. The van der Waals surface area contributed by atoms with Gasteiger partial charge in [0.15, 0.2) is 5.79 Å². The van der Waals surface area contributed by atoms with E-state index in [2.05, 4.69) is 24.3 Å². The van der Waals surface area contributed by atoms with Gasteiger partial charge in [0.25, 0.3) is 0 Å². The number of thioether (sulfide) groups is 1. The monoisotopic (exact) mass is 411 g/mol. The zero-order valence-corrected chi connectivity index (χ0v) is 17.1. The first-order valence-electron chi connectivity index (χ1n) is 10.3. The second-order valence-corrected chi connectivity index (χ2v) is 8.99. The Morgan fingerprint density at radius 3 is 2.48 bits per heavy atom. The van der Waals surface area contributed by atoms with Crippen molar-refractivity contribution in [1.82, 2.24) is 4.90 Å². The Bertz CT molecular complexity index is 840. The number of rotatable bonds is 4. The van der Waals surface area contributed by atoms with Crippen molar-refractivity contribution in [3.05, 3.63) is 66.2 Å². The molecule has 2 aromatic carbocycles. The summed E-state index contributed by atoms with van der Waals surface area (Å²) in [5.74, 6) is -0.749. The van der Waals surface area contributed by atoms with Crippen LogP contribution in [0.25, 0.3) is 0 Å². The third-order valence-electron chi connectivity index (χ3n) is 5.96. The smallest absolute Gasteiger partial charge is 0.410 e. The number of nitrogens with zero attached hydrogens (tertiary/aromatic N) is 1. The Balaban J connectivity index is 1.44. The molecule has 5 rings (SSSR count). The Labute approximate surface area is 175 Å². The van der Waals surface area contributed by atoms with Crippen LogP contribution in [0.5, 0.6) is 0 Å². The highest BCUT2D eigenvalue weighted by Crippen LogP contribution is 2.49. The number of carbonyl (C=O) groups excluding carboxylic acids is 1. The maximum Gasteiger partial charge on any atom is 0.410 e. The molecule has 0 unspecified atom stereocenters. The predicted molar refractivity (Wildman–Crippen MR) is 110 cm³/mol. The molecule has 29 heavy (non-hydrogen) atoms. The number of hydrogen-bond donors (Lipinski definition) is 0. The first kappa shape index (κ1) is 19.0. The van der Waals surface area contributed by atoms with Gasteiger partial charge in [0.05, 0.1) is 18.7 Å². The molecule has 152 valence electrons. The van der Waals surface area contributed by atoms with Crippen LogP contribution in [0.4, 0.5) is 4.79 Å². The van der Waals surface area contributed by atoms with Crippen LogP contribution in [0.3, 0.4) is 0 Å². The lowest BCUT2D eigenvalue weighted by molar-refractivity contribution is -0.254. The lowest BCUT2D eigenvalue weighted by Crippen LogP contribution is -2.54. The molecular weight excluding hydrogens is 386 g/mol. The van der Waals surface area contributed by atoms with Crippen LogP contribution in [0, 0.1) is 0 Å². The molecule has 2 aromatic rings. The van der Waals surface area contributed by atoms with Crippen molar-refractivity contribution in [3.8, 4) is 0 Å². The lowest BCUT2D eigenvalue weighted by atomic mass is 9.94. The van der Waals surface area contributed by atoms with Gasteiger partial charge in [0.1, 0.15) is 12.0 Å². The van der Waals surface area contributed by atoms with Crippen LogP contribution in [-0.2, 0) is 14.2 Å². The largest absolute Gasteiger partial charge is 0.447 e. The highest BCUT2D eigenvalue weighted by Gasteiger charge is 2.57. The van der Waals surface area contributed by atoms with Crippen molar-refractivity contribution in [2.45, 2.75) is 53.9 Å². The summed E-state index contributed by atoms with van der Waals surface area (Å²) in [6.07, 6.45) is 3.32. The first-order valence-corrected chi connectivity index (χ1v) is 11.2. The van der Waals surface area contributed by atoms with Crippen molar-refractivity contribution >= 4 is 17.9 Å². The number of hydrogen-bond acceptors (Lipinski definition) is 5. The zero-order valence-electron chi connectivity index (χ0n) is 16.2. The Morgan fingerprint density at radius 2 is 1.76 bits per heavy atom. The Hall–Kier alpha value is -2.02. The second kappa shape index (κ2) is 8.01. The first-order chi connectivity index (χ1) is 14.3. The van der Waals surface area contributed by atoms with Gasteiger partial charge in [-0.25, -0.2) is 4.79 Å². The van der Waals surface area contributed by atoms with Crippen LogP contribution in [0.2, 0.25) is 0 Å². The topological polar surface area (TPSA) is 48.0 Å². The van der Waals surface area contributed by atoms with Crippen LogP contribution < -0.4 is 0 Å². The van der Waals surface area contributed by atoms with Gasteiger partial charge in [-0.3, -0.25) is 4.90 Å². The molecule has 3 aliphatic heterocycles. The van der Waals surface area contributed by atoms with E-state index < -0.39 is 5.79 Å². The van der Waals surface area contributed by atoms with Gasteiger partial charge in [-0.05, 0) is 30.5 Å². The molecule has 0 saturated carbocycles. The van der Waals surface area contributed by atoms with Gasteiger partial charge >= 0.3 is 6.09 Å². The number of carbonyl (C=O) groups is 1. The van der Waals surface area contributed by atoms with Gasteiger partial charge in [-0.15, -0.1) is 0 Å². The molecule has 1 amide bonds. The van der Waals surface area contributed by atoms with E-state index in [1.54, 1.807) is 11.8 Å². The fraction of sp³-hybridized carbons (Fsp3) is 0.435. The minimum Gasteiger partial charge on any atom is -0.447 e. The number of amides is 1. The fourth-order valence-electron chi connectivity index (χ4n) is 4.61. The molecule has 0 aliphatic carbocycles. The van der Waals surface area contributed by atoms with Gasteiger partial charge in [0, 0.05) is 17.7 Å². The van der Waals surface area contributed by atoms with Gasteiger partial charge in [0.2, 0.25) is 0 Å². The predicted octanol–water partition coefficient (Wildman–Crippen LogP) is 4.98. The van der Waals surface area contributed by atoms with Gasteiger partial charge in [-0.2, -0.15) is 0 Å². The molecular formula is C23H25NO4S. The molecule has 0 N–H and O–H groups in total. The minimum absolute atomic E-state index is 0.0645. The molecule has 0 bridgehead atoms. The van der Waals surface area contributed by atoms with Crippen molar-refractivity contribution in [2.75, 3.05) is 13.2 Å². The third-order valence-corrected chi connectivity index (χ3v) is 7.06. The standard InChI is InChI=1S/C23H25NO4S/c25-22-24(19(16-26-22)17-9-3-1-4-10-17)20-15-21(29-18-11-5-2-6-12-18)28-23(20)13-7-8-14-27-23/h1-6,9-12,19-21H,7-8,13-16H2/t19-,20+,21-,23+/m1/s1. The highest BCUT2D eigenvalue weighted by molar-refractivity contribution is 7.99. The summed E-state index contributed by atoms with van der Waals surface area (Å²) in [4.78, 5) is 15.9. The Morgan fingerprint density at radius 1 is 1.00 bits per heavy atom. The van der Waals surface area contributed by atoms with E-state index >= 15 is 0 Å². The van der Waals surface area contributed by atoms with Crippen molar-refractivity contribution < 1.29 is 19.0 Å². The zero-order chi connectivity index (χ0) is 19.7. The summed E-state index contributed by atoms with van der Waals surface area (Å²) in [7, 11) is 0. The molecule has 3 heterocycles. The normalized spacial score (nSPS) is 31.9. The number of benzene rings is 2. The van der Waals surface area contributed by atoms with E-state index in [1.807, 2.05) is 41.3 Å². The summed E-state index contributed by atoms with van der Waals surface area (Å²) >= 11 is 1.70. The summed E-state index contributed by atoms with van der Waals surface area (Å²) < 4.78 is 18.3. The Kier molecular flexibility index (Phi) is 5.24. The fourth-order valence-corrected chi connectivity index (χ4v) is 5.72. The second-order valence-electron chi connectivity index (χ2n) is 7.76. The van der Waals surface area contributed by atoms with E-state index in [4.69, 9.17) is 14.2 Å². The van der Waals surface area contributed by atoms with Crippen LogP contribution >= 0.6 is 11.8 Å². The molecule has 3 aliphatic rings. The molecule has 3 fully saturated rings. The molecule has 4 atom stereocenters. The van der Waals surface area contributed by atoms with Crippen LogP contribution in [-0.4, -0.2) is 41.5 Å². The van der Waals surface area contributed by atoms with Crippen molar-refractivity contribution in [3.63, 3.8) is 0 Å². The average Bonchev–Trinajstić information content (AvgIpc) is 3.30. The molecule has 0 aromatic heterocycles. The summed E-state index contributed by atoms with van der Waals surface area (Å²) in [6.45, 7) is 1.03. The average molecular weight is 412 g/mol. The molecule has 3 saturated heterocycles. The molecule has 0 radical (unpaired) electrons. The lowest BCUT2D eigenvalue weighted by Gasteiger charge is -2.41. The SMILES string of the molecule is O=C1OC[C@H](c2ccccc2)N1[C@H]1C[C@@H](Sc2ccccc2)O[C@@]12CCCCO2. The highest BCUT2D eigenvalue weighted by atomic mass is 32.2. The molecule has 1 spiro atoms. The van der Waals surface area contributed by atoms with E-state index in [0.717, 1.165) is 36.1 Å².